The van der Waals surface area contributed by atoms with Crippen molar-refractivity contribution in [1.82, 2.24) is 15.5 Å². The third kappa shape index (κ3) is 10.0. The lowest BCUT2D eigenvalue weighted by molar-refractivity contribution is -0.132. The average molecular weight is 678 g/mol. The molecule has 2 unspecified atom stereocenters. The number of nitrogens with one attached hydrogen (secondary N) is 2. The summed E-state index contributed by atoms with van der Waals surface area (Å²) in [6.07, 6.45) is 1.09. The zero-order valence-corrected chi connectivity index (χ0v) is 24.8. The number of aliphatic hydroxyl groups is 1. The fourth-order valence-electron chi connectivity index (χ4n) is 4.77. The van der Waals surface area contributed by atoms with Gasteiger partial charge in [-0.15, -0.1) is 0 Å². The van der Waals surface area contributed by atoms with Crippen molar-refractivity contribution < 1.29 is 28.2 Å². The van der Waals surface area contributed by atoms with Crippen LogP contribution < -0.4 is 15.4 Å². The smallest absolute Gasteiger partial charge is 0.260 e. The Labute approximate surface area is 252 Å². The SMILES string of the molecule is O=C(Cc1ccc(OCC(=O)N2CCCC2)cc1)NC(Cc1cc(F)cc(F)c1)C(O)CNCc1cccc(I)c1. The standard InChI is InChI=1S/C31H34F2IN3O4/c32-24-12-23(13-25(33)17-24)15-28(29(38)19-35-18-22-4-3-5-26(34)14-22)36-30(39)16-21-6-8-27(9-7-21)41-20-31(40)37-10-1-2-11-37/h3-9,12-14,17,28-29,35,38H,1-2,10-11,15-16,18-20H2,(H,36,39). The molecule has 0 aromatic heterocycles. The van der Waals surface area contributed by atoms with Gasteiger partial charge in [-0.05, 0) is 94.9 Å². The summed E-state index contributed by atoms with van der Waals surface area (Å²) in [6, 6.07) is 17.2. The number of rotatable bonds is 13. The van der Waals surface area contributed by atoms with Gasteiger partial charge in [0, 0.05) is 35.8 Å². The van der Waals surface area contributed by atoms with Crippen molar-refractivity contribution >= 4 is 34.4 Å². The molecule has 41 heavy (non-hydrogen) atoms. The Hall–Kier alpha value is -3.09. The van der Waals surface area contributed by atoms with Crippen LogP contribution in [0.2, 0.25) is 0 Å². The van der Waals surface area contributed by atoms with E-state index in [0.29, 0.717) is 23.4 Å². The average Bonchev–Trinajstić information content (AvgIpc) is 3.47. The third-order valence-electron chi connectivity index (χ3n) is 6.87. The molecular formula is C31H34F2IN3O4. The predicted molar refractivity (Wildman–Crippen MR) is 160 cm³/mol. The van der Waals surface area contributed by atoms with E-state index in [4.69, 9.17) is 4.74 Å². The number of likely N-dealkylation sites (tertiary alicyclic amines) is 1. The maximum absolute atomic E-state index is 13.8. The molecule has 2 amide bonds. The van der Waals surface area contributed by atoms with Crippen molar-refractivity contribution in [3.05, 3.63) is 98.6 Å². The molecule has 0 bridgehead atoms. The molecule has 1 aliphatic heterocycles. The zero-order chi connectivity index (χ0) is 29.2. The lowest BCUT2D eigenvalue weighted by Crippen LogP contribution is -2.49. The largest absolute Gasteiger partial charge is 0.484 e. The number of halogens is 3. The van der Waals surface area contributed by atoms with E-state index in [0.717, 1.165) is 41.1 Å². The minimum absolute atomic E-state index is 0.0301. The second kappa shape index (κ2) is 15.2. The van der Waals surface area contributed by atoms with Gasteiger partial charge >= 0.3 is 0 Å². The van der Waals surface area contributed by atoms with Crippen LogP contribution in [0.1, 0.15) is 29.5 Å². The van der Waals surface area contributed by atoms with Crippen LogP contribution in [0.25, 0.3) is 0 Å². The molecule has 4 rings (SSSR count). The van der Waals surface area contributed by atoms with Gasteiger partial charge < -0.3 is 25.4 Å². The van der Waals surface area contributed by atoms with E-state index in [1.54, 1.807) is 29.2 Å². The van der Waals surface area contributed by atoms with Crippen LogP contribution in [0.3, 0.4) is 0 Å². The van der Waals surface area contributed by atoms with Crippen LogP contribution in [-0.4, -0.2) is 60.2 Å². The first-order valence-corrected chi connectivity index (χ1v) is 14.7. The number of hydrogen-bond acceptors (Lipinski definition) is 5. The number of hydrogen-bond donors (Lipinski definition) is 3. The zero-order valence-electron chi connectivity index (χ0n) is 22.6. The first-order chi connectivity index (χ1) is 19.7. The maximum atomic E-state index is 13.8. The van der Waals surface area contributed by atoms with Crippen molar-refractivity contribution in [2.45, 2.75) is 44.4 Å². The van der Waals surface area contributed by atoms with Crippen molar-refractivity contribution in [2.24, 2.45) is 0 Å². The molecule has 7 nitrogen and oxygen atoms in total. The van der Waals surface area contributed by atoms with E-state index >= 15 is 0 Å². The molecule has 10 heteroatoms. The normalized spacial score (nSPS) is 14.5. The number of benzene rings is 3. The lowest BCUT2D eigenvalue weighted by Gasteiger charge is -2.25. The summed E-state index contributed by atoms with van der Waals surface area (Å²) in [5.74, 6) is -1.30. The highest BCUT2D eigenvalue weighted by molar-refractivity contribution is 14.1. The summed E-state index contributed by atoms with van der Waals surface area (Å²) in [5.41, 5.74) is 2.08. The molecule has 3 N–H and O–H groups in total. The molecule has 1 aliphatic rings. The molecule has 0 radical (unpaired) electrons. The lowest BCUT2D eigenvalue weighted by atomic mass is 10.00. The molecule has 1 heterocycles. The van der Waals surface area contributed by atoms with E-state index in [9.17, 15) is 23.5 Å². The van der Waals surface area contributed by atoms with Gasteiger partial charge in [0.05, 0.1) is 18.6 Å². The molecule has 3 aromatic rings. The fraction of sp³-hybridized carbons (Fsp3) is 0.355. The van der Waals surface area contributed by atoms with E-state index in [1.165, 1.54) is 12.1 Å². The topological polar surface area (TPSA) is 90.9 Å². The summed E-state index contributed by atoms with van der Waals surface area (Å²) >= 11 is 2.23. The minimum Gasteiger partial charge on any atom is -0.484 e. The highest BCUT2D eigenvalue weighted by Crippen LogP contribution is 2.16. The molecule has 3 aromatic carbocycles. The Morgan fingerprint density at radius 3 is 2.34 bits per heavy atom. The van der Waals surface area contributed by atoms with Gasteiger partial charge in [-0.25, -0.2) is 8.78 Å². The van der Waals surface area contributed by atoms with Gasteiger partial charge in [-0.2, -0.15) is 0 Å². The van der Waals surface area contributed by atoms with Gasteiger partial charge in [0.1, 0.15) is 17.4 Å². The van der Waals surface area contributed by atoms with E-state index in [-0.39, 0.29) is 37.8 Å². The molecule has 218 valence electrons. The minimum atomic E-state index is -1.02. The highest BCUT2D eigenvalue weighted by Gasteiger charge is 2.23. The van der Waals surface area contributed by atoms with E-state index in [2.05, 4.69) is 33.2 Å². The van der Waals surface area contributed by atoms with Gasteiger partial charge in [-0.3, -0.25) is 9.59 Å². The number of carbonyl (C=O) groups excluding carboxylic acids is 2. The highest BCUT2D eigenvalue weighted by atomic mass is 127. The van der Waals surface area contributed by atoms with Gasteiger partial charge in [0.15, 0.2) is 6.61 Å². The van der Waals surface area contributed by atoms with Crippen LogP contribution in [0.4, 0.5) is 8.78 Å². The van der Waals surface area contributed by atoms with Crippen molar-refractivity contribution in [1.29, 1.82) is 0 Å². The van der Waals surface area contributed by atoms with Crippen molar-refractivity contribution in [3.63, 3.8) is 0 Å². The molecule has 0 aliphatic carbocycles. The predicted octanol–water partition coefficient (Wildman–Crippen LogP) is 3.99. The molecule has 2 atom stereocenters. The molecule has 0 saturated carbocycles. The summed E-state index contributed by atoms with van der Waals surface area (Å²) in [7, 11) is 0. The van der Waals surface area contributed by atoms with Crippen LogP contribution in [-0.2, 0) is 29.0 Å². The number of nitrogens with zero attached hydrogens (tertiary/aromatic N) is 1. The molecular weight excluding hydrogens is 643 g/mol. The van der Waals surface area contributed by atoms with Crippen molar-refractivity contribution in [2.75, 3.05) is 26.2 Å². The van der Waals surface area contributed by atoms with Crippen molar-refractivity contribution in [3.8, 4) is 5.75 Å². The van der Waals surface area contributed by atoms with Gasteiger partial charge in [0.25, 0.3) is 5.91 Å². The van der Waals surface area contributed by atoms with Crippen LogP contribution >= 0.6 is 22.6 Å². The van der Waals surface area contributed by atoms with E-state index < -0.39 is 23.8 Å². The Kier molecular flexibility index (Phi) is 11.5. The number of aliphatic hydroxyl groups excluding tert-OH is 1. The van der Waals surface area contributed by atoms with Crippen LogP contribution in [0.15, 0.2) is 66.7 Å². The number of carbonyl (C=O) groups is 2. The number of amides is 2. The Balaban J connectivity index is 1.33. The summed E-state index contributed by atoms with van der Waals surface area (Å²) in [5, 5.41) is 17.0. The van der Waals surface area contributed by atoms with Crippen LogP contribution in [0.5, 0.6) is 5.75 Å². The first kappa shape index (κ1) is 30.9. The summed E-state index contributed by atoms with van der Waals surface area (Å²) in [4.78, 5) is 26.9. The molecule has 1 saturated heterocycles. The van der Waals surface area contributed by atoms with Crippen LogP contribution in [0, 0.1) is 15.2 Å². The van der Waals surface area contributed by atoms with E-state index in [1.807, 2.05) is 24.3 Å². The summed E-state index contributed by atoms with van der Waals surface area (Å²) < 4.78 is 34.4. The number of ether oxygens (including phenoxy) is 1. The molecule has 1 fully saturated rings. The quantitative estimate of drug-likeness (QED) is 0.238. The Morgan fingerprint density at radius 1 is 0.951 bits per heavy atom. The van der Waals surface area contributed by atoms with Gasteiger partial charge in [-0.1, -0.05) is 24.3 Å². The second-order valence-electron chi connectivity index (χ2n) is 10.2. The Bertz CT molecular complexity index is 1300. The Morgan fingerprint density at radius 2 is 1.66 bits per heavy atom. The summed E-state index contributed by atoms with van der Waals surface area (Å²) in [6.45, 7) is 2.18. The first-order valence-electron chi connectivity index (χ1n) is 13.6. The van der Waals surface area contributed by atoms with Gasteiger partial charge in [0.2, 0.25) is 5.91 Å². The second-order valence-corrected chi connectivity index (χ2v) is 11.4. The fourth-order valence-corrected chi connectivity index (χ4v) is 5.38. The maximum Gasteiger partial charge on any atom is 0.260 e. The third-order valence-corrected chi connectivity index (χ3v) is 7.54. The monoisotopic (exact) mass is 677 g/mol. The molecule has 0 spiro atoms.